The second-order valence-corrected chi connectivity index (χ2v) is 10.3. The molecule has 142 valence electrons. The molecule has 0 spiro atoms. The van der Waals surface area contributed by atoms with E-state index in [1.165, 1.54) is 49.7 Å². The number of pyridine rings is 1. The first-order valence-electron chi connectivity index (χ1n) is 10.6. The van der Waals surface area contributed by atoms with Crippen LogP contribution in [0.25, 0.3) is 5.57 Å². The Morgan fingerprint density at radius 3 is 2.78 bits per heavy atom. The van der Waals surface area contributed by atoms with Gasteiger partial charge in [0.05, 0.1) is 5.02 Å². The van der Waals surface area contributed by atoms with Gasteiger partial charge in [0.1, 0.15) is 0 Å². The Kier molecular flexibility index (Phi) is 3.99. The summed E-state index contributed by atoms with van der Waals surface area (Å²) < 4.78 is 0. The average Bonchev–Trinajstić information content (AvgIpc) is 2.99. The molecule has 1 heterocycles. The van der Waals surface area contributed by atoms with Gasteiger partial charge in [0.2, 0.25) is 0 Å². The Labute approximate surface area is 168 Å². The van der Waals surface area contributed by atoms with Crippen LogP contribution >= 0.6 is 11.6 Å². The number of hydrogen-bond acceptors (Lipinski definition) is 1. The summed E-state index contributed by atoms with van der Waals surface area (Å²) in [4.78, 5) is 4.35. The van der Waals surface area contributed by atoms with Gasteiger partial charge in [-0.05, 0) is 78.9 Å². The van der Waals surface area contributed by atoms with E-state index in [2.05, 4.69) is 50.0 Å². The molecule has 2 fully saturated rings. The van der Waals surface area contributed by atoms with E-state index in [0.717, 1.165) is 16.9 Å². The second kappa shape index (κ2) is 6.08. The van der Waals surface area contributed by atoms with Crippen LogP contribution in [0.15, 0.2) is 47.8 Å². The lowest BCUT2D eigenvalue weighted by Crippen LogP contribution is -2.46. The van der Waals surface area contributed by atoms with E-state index in [0.29, 0.717) is 11.3 Å². The quantitative estimate of drug-likeness (QED) is 0.468. The van der Waals surface area contributed by atoms with Gasteiger partial charge in [0, 0.05) is 17.8 Å². The molecule has 0 amide bonds. The molecule has 2 saturated carbocycles. The molecular weight excluding hydrogens is 350 g/mol. The van der Waals surface area contributed by atoms with E-state index in [4.69, 9.17) is 11.6 Å². The zero-order valence-electron chi connectivity index (χ0n) is 16.8. The summed E-state index contributed by atoms with van der Waals surface area (Å²) in [5.41, 5.74) is 6.64. The fourth-order valence-electron chi connectivity index (χ4n) is 6.82. The van der Waals surface area contributed by atoms with Crippen molar-refractivity contribution in [1.29, 1.82) is 0 Å². The van der Waals surface area contributed by atoms with Gasteiger partial charge in [-0.2, -0.15) is 0 Å². The van der Waals surface area contributed by atoms with Crippen molar-refractivity contribution in [1.82, 2.24) is 4.98 Å². The van der Waals surface area contributed by atoms with E-state index >= 15 is 0 Å². The number of fused-ring (bicyclic) bond motifs is 5. The second-order valence-electron chi connectivity index (χ2n) is 9.91. The lowest BCUT2D eigenvalue weighted by Gasteiger charge is -2.56. The third-order valence-electron chi connectivity index (χ3n) is 8.41. The molecule has 5 atom stereocenters. The standard InChI is InChI=1S/C25H30ClN/c1-16-8-10-24(2)18(12-16)4-5-20-22-7-6-21(17-13-19(26)15-27-14-17)25(22,3)11-9-23(20)24/h4,6-7,13-16,20,23H,5,8-12H2,1-3H3/t16-,20-,23-,24-,25+/m0/s1. The van der Waals surface area contributed by atoms with Crippen molar-refractivity contribution in [3.05, 3.63) is 58.4 Å². The van der Waals surface area contributed by atoms with Crippen molar-refractivity contribution >= 4 is 17.2 Å². The van der Waals surface area contributed by atoms with E-state index < -0.39 is 0 Å². The Balaban J connectivity index is 1.49. The molecule has 5 rings (SSSR count). The van der Waals surface area contributed by atoms with Gasteiger partial charge in [-0.25, -0.2) is 0 Å². The molecule has 0 aliphatic heterocycles. The lowest BCUT2D eigenvalue weighted by atomic mass is 9.48. The first-order chi connectivity index (χ1) is 12.9. The van der Waals surface area contributed by atoms with Crippen LogP contribution in [0.3, 0.4) is 0 Å². The van der Waals surface area contributed by atoms with E-state index in [1.807, 2.05) is 6.20 Å². The van der Waals surface area contributed by atoms with Crippen LogP contribution in [-0.4, -0.2) is 4.98 Å². The summed E-state index contributed by atoms with van der Waals surface area (Å²) in [6.07, 6.45) is 19.1. The topological polar surface area (TPSA) is 12.9 Å². The van der Waals surface area contributed by atoms with Crippen molar-refractivity contribution in [3.8, 4) is 0 Å². The Hall–Kier alpha value is -1.34. The third-order valence-corrected chi connectivity index (χ3v) is 8.62. The Morgan fingerprint density at radius 2 is 1.96 bits per heavy atom. The summed E-state index contributed by atoms with van der Waals surface area (Å²) in [5, 5.41) is 0.730. The Morgan fingerprint density at radius 1 is 1.11 bits per heavy atom. The highest BCUT2D eigenvalue weighted by molar-refractivity contribution is 6.30. The fourth-order valence-corrected chi connectivity index (χ4v) is 7.00. The largest absolute Gasteiger partial charge is 0.263 e. The van der Waals surface area contributed by atoms with E-state index in [1.54, 1.807) is 17.3 Å². The summed E-state index contributed by atoms with van der Waals surface area (Å²) in [6, 6.07) is 2.08. The zero-order chi connectivity index (χ0) is 18.8. The Bertz CT molecular complexity index is 878. The molecule has 0 bridgehead atoms. The molecule has 27 heavy (non-hydrogen) atoms. The van der Waals surface area contributed by atoms with Crippen molar-refractivity contribution in [2.75, 3.05) is 0 Å². The number of hydrogen-bond donors (Lipinski definition) is 0. The average molecular weight is 380 g/mol. The number of nitrogens with zero attached hydrogens (tertiary/aromatic N) is 1. The summed E-state index contributed by atoms with van der Waals surface area (Å²) in [5.74, 6) is 2.38. The summed E-state index contributed by atoms with van der Waals surface area (Å²) in [6.45, 7) is 7.47. The minimum Gasteiger partial charge on any atom is -0.263 e. The molecule has 2 heteroatoms. The molecule has 0 aromatic carbocycles. The molecule has 4 aliphatic carbocycles. The number of aromatic nitrogens is 1. The van der Waals surface area contributed by atoms with Crippen LogP contribution in [0.1, 0.15) is 64.9 Å². The first-order valence-corrected chi connectivity index (χ1v) is 11.0. The third kappa shape index (κ3) is 2.54. The van der Waals surface area contributed by atoms with Crippen molar-refractivity contribution in [2.45, 2.75) is 59.3 Å². The number of halogens is 1. The predicted molar refractivity (Wildman–Crippen MR) is 113 cm³/mol. The van der Waals surface area contributed by atoms with Gasteiger partial charge in [-0.3, -0.25) is 4.98 Å². The predicted octanol–water partition coefficient (Wildman–Crippen LogP) is 7.25. The fraction of sp³-hybridized carbons (Fsp3) is 0.560. The maximum absolute atomic E-state index is 6.25. The molecular formula is C25H30ClN. The maximum Gasteiger partial charge on any atom is 0.0595 e. The first kappa shape index (κ1) is 17.7. The van der Waals surface area contributed by atoms with Crippen LogP contribution in [-0.2, 0) is 0 Å². The molecule has 1 nitrogen and oxygen atoms in total. The normalized spacial score (nSPS) is 40.3. The van der Waals surface area contributed by atoms with Crippen LogP contribution in [0, 0.1) is 28.6 Å². The molecule has 0 saturated heterocycles. The maximum atomic E-state index is 6.25. The number of allylic oxidation sites excluding steroid dienone is 6. The van der Waals surface area contributed by atoms with Gasteiger partial charge < -0.3 is 0 Å². The van der Waals surface area contributed by atoms with E-state index in [9.17, 15) is 0 Å². The van der Waals surface area contributed by atoms with Gasteiger partial charge in [-0.1, -0.05) is 61.7 Å². The van der Waals surface area contributed by atoms with Gasteiger partial charge in [0.25, 0.3) is 0 Å². The van der Waals surface area contributed by atoms with Gasteiger partial charge >= 0.3 is 0 Å². The lowest BCUT2D eigenvalue weighted by molar-refractivity contribution is 0.0682. The molecule has 1 aromatic heterocycles. The van der Waals surface area contributed by atoms with Crippen molar-refractivity contribution < 1.29 is 0 Å². The SMILES string of the molecule is C[C@H]1CC[C@@]2(C)C(=CC[C@H]3C4=CC=C(c5cncc(Cl)c5)[C@@]4(C)CC[C@@H]32)C1. The highest BCUT2D eigenvalue weighted by Crippen LogP contribution is 2.65. The highest BCUT2D eigenvalue weighted by atomic mass is 35.5. The van der Waals surface area contributed by atoms with Crippen molar-refractivity contribution in [2.24, 2.45) is 28.6 Å². The van der Waals surface area contributed by atoms with E-state index in [-0.39, 0.29) is 5.41 Å². The molecule has 1 aromatic rings. The van der Waals surface area contributed by atoms with Crippen LogP contribution in [0.5, 0.6) is 0 Å². The van der Waals surface area contributed by atoms with Crippen LogP contribution in [0.4, 0.5) is 0 Å². The molecule has 0 unspecified atom stereocenters. The van der Waals surface area contributed by atoms with Gasteiger partial charge in [-0.15, -0.1) is 0 Å². The van der Waals surface area contributed by atoms with Crippen LogP contribution < -0.4 is 0 Å². The smallest absolute Gasteiger partial charge is 0.0595 e. The molecule has 4 aliphatic rings. The monoisotopic (exact) mass is 379 g/mol. The zero-order valence-corrected chi connectivity index (χ0v) is 17.5. The highest BCUT2D eigenvalue weighted by Gasteiger charge is 2.53. The minimum atomic E-state index is 0.150. The minimum absolute atomic E-state index is 0.150. The summed E-state index contributed by atoms with van der Waals surface area (Å²) >= 11 is 6.25. The van der Waals surface area contributed by atoms with Gasteiger partial charge in [0.15, 0.2) is 0 Å². The molecule has 0 N–H and O–H groups in total. The van der Waals surface area contributed by atoms with Crippen molar-refractivity contribution in [3.63, 3.8) is 0 Å². The molecule has 0 radical (unpaired) electrons. The number of rotatable bonds is 1. The van der Waals surface area contributed by atoms with Crippen LogP contribution in [0.2, 0.25) is 5.02 Å². The summed E-state index contributed by atoms with van der Waals surface area (Å²) in [7, 11) is 0.